The molecule has 1 aliphatic heterocycles. The second kappa shape index (κ2) is 8.75. The van der Waals surface area contributed by atoms with E-state index in [1.807, 2.05) is 12.1 Å². The Morgan fingerprint density at radius 1 is 0.968 bits per heavy atom. The van der Waals surface area contributed by atoms with E-state index in [2.05, 4.69) is 10.4 Å². The predicted molar refractivity (Wildman–Crippen MR) is 121 cm³/mol. The molecule has 0 aliphatic carbocycles. The summed E-state index contributed by atoms with van der Waals surface area (Å²) in [6.07, 6.45) is 0.452. The van der Waals surface area contributed by atoms with Crippen molar-refractivity contribution < 1.29 is 9.72 Å². The van der Waals surface area contributed by atoms with Crippen LogP contribution in [-0.2, 0) is 0 Å². The van der Waals surface area contributed by atoms with E-state index >= 15 is 0 Å². The molecule has 1 unspecified atom stereocenters. The number of carbonyl (C=O) groups excluding carboxylic acids is 1. The number of rotatable bonds is 4. The number of halogens is 2. The van der Waals surface area contributed by atoms with Gasteiger partial charge in [0.05, 0.1) is 16.7 Å². The van der Waals surface area contributed by atoms with Crippen LogP contribution in [0.4, 0.5) is 16.2 Å². The highest BCUT2D eigenvalue weighted by molar-refractivity contribution is 6.31. The SMILES string of the molecule is O=C(Nc1ccc(Cl)cc1)N1N=C(c2ccc(Cl)cc2)CC1c1ccc([N+](=O)[O-])cc1. The van der Waals surface area contributed by atoms with Crippen LogP contribution in [0.15, 0.2) is 77.9 Å². The molecule has 3 aromatic rings. The molecule has 156 valence electrons. The van der Waals surface area contributed by atoms with Crippen LogP contribution in [-0.4, -0.2) is 21.7 Å². The molecule has 1 atom stereocenters. The van der Waals surface area contributed by atoms with Crippen LogP contribution in [0.1, 0.15) is 23.6 Å². The third kappa shape index (κ3) is 4.68. The van der Waals surface area contributed by atoms with Crippen molar-refractivity contribution in [3.8, 4) is 0 Å². The van der Waals surface area contributed by atoms with Gasteiger partial charge in [0, 0.05) is 34.3 Å². The first-order valence-corrected chi connectivity index (χ1v) is 10.1. The van der Waals surface area contributed by atoms with Crippen LogP contribution in [0.5, 0.6) is 0 Å². The Morgan fingerprint density at radius 2 is 1.55 bits per heavy atom. The van der Waals surface area contributed by atoms with Crippen molar-refractivity contribution in [3.63, 3.8) is 0 Å². The molecular weight excluding hydrogens is 439 g/mol. The third-order valence-corrected chi connectivity index (χ3v) is 5.38. The standard InChI is InChI=1S/C22H16Cl2N4O3/c23-16-5-1-14(2-6-16)20-13-21(15-3-11-19(12-4-15)28(30)31)27(26-20)22(29)25-18-9-7-17(24)8-10-18/h1-12,21H,13H2,(H,25,29). The van der Waals surface area contributed by atoms with Crippen molar-refractivity contribution in [3.05, 3.63) is 104 Å². The van der Waals surface area contributed by atoms with E-state index in [0.29, 0.717) is 27.9 Å². The van der Waals surface area contributed by atoms with Crippen molar-refractivity contribution in [1.82, 2.24) is 5.01 Å². The van der Waals surface area contributed by atoms with Gasteiger partial charge in [-0.05, 0) is 47.5 Å². The molecule has 2 amide bonds. The highest BCUT2D eigenvalue weighted by Gasteiger charge is 2.33. The van der Waals surface area contributed by atoms with Gasteiger partial charge in [0.25, 0.3) is 5.69 Å². The lowest BCUT2D eigenvalue weighted by molar-refractivity contribution is -0.384. The molecule has 0 bridgehead atoms. The quantitative estimate of drug-likeness (QED) is 0.371. The number of hydrogen-bond acceptors (Lipinski definition) is 4. The van der Waals surface area contributed by atoms with Crippen LogP contribution in [0.25, 0.3) is 0 Å². The average Bonchev–Trinajstić information content (AvgIpc) is 3.21. The first kappa shape index (κ1) is 20.8. The highest BCUT2D eigenvalue weighted by Crippen LogP contribution is 2.34. The zero-order valence-electron chi connectivity index (χ0n) is 16.0. The van der Waals surface area contributed by atoms with E-state index in [1.54, 1.807) is 48.5 Å². The van der Waals surface area contributed by atoms with Crippen molar-refractivity contribution in [2.45, 2.75) is 12.5 Å². The number of nitrogens with one attached hydrogen (secondary N) is 1. The number of non-ortho nitro benzene ring substituents is 1. The number of nitrogens with zero attached hydrogens (tertiary/aromatic N) is 3. The molecule has 9 heteroatoms. The third-order valence-electron chi connectivity index (χ3n) is 4.88. The van der Waals surface area contributed by atoms with Crippen LogP contribution in [0.3, 0.4) is 0 Å². The molecular formula is C22H16Cl2N4O3. The van der Waals surface area contributed by atoms with Gasteiger partial charge in [-0.25, -0.2) is 9.80 Å². The van der Waals surface area contributed by atoms with E-state index in [4.69, 9.17) is 23.2 Å². The minimum absolute atomic E-state index is 0.0160. The Kier molecular flexibility index (Phi) is 5.88. The van der Waals surface area contributed by atoms with Gasteiger partial charge in [0.1, 0.15) is 0 Å². The summed E-state index contributed by atoms with van der Waals surface area (Å²) in [5.41, 5.74) is 2.86. The lowest BCUT2D eigenvalue weighted by atomic mass is 9.98. The normalized spacial score (nSPS) is 15.5. The van der Waals surface area contributed by atoms with Crippen molar-refractivity contribution in [2.24, 2.45) is 5.10 Å². The van der Waals surface area contributed by atoms with Gasteiger partial charge in [-0.2, -0.15) is 5.10 Å². The van der Waals surface area contributed by atoms with E-state index < -0.39 is 17.0 Å². The van der Waals surface area contributed by atoms with Crippen LogP contribution in [0, 0.1) is 10.1 Å². The molecule has 0 saturated carbocycles. The zero-order chi connectivity index (χ0) is 22.0. The number of hydrogen-bond donors (Lipinski definition) is 1. The maximum absolute atomic E-state index is 13.0. The Labute approximate surface area is 188 Å². The maximum Gasteiger partial charge on any atom is 0.342 e. The second-order valence-electron chi connectivity index (χ2n) is 6.90. The maximum atomic E-state index is 13.0. The van der Waals surface area contributed by atoms with Gasteiger partial charge in [-0.1, -0.05) is 47.5 Å². The molecule has 0 aromatic heterocycles. The molecule has 0 radical (unpaired) electrons. The summed E-state index contributed by atoms with van der Waals surface area (Å²) in [5.74, 6) is 0. The summed E-state index contributed by atoms with van der Waals surface area (Å²) in [4.78, 5) is 23.6. The minimum Gasteiger partial charge on any atom is -0.306 e. The van der Waals surface area contributed by atoms with Crippen LogP contribution < -0.4 is 5.32 Å². The second-order valence-corrected chi connectivity index (χ2v) is 7.78. The van der Waals surface area contributed by atoms with Crippen LogP contribution >= 0.6 is 23.2 Å². The molecule has 0 fully saturated rings. The van der Waals surface area contributed by atoms with E-state index in [-0.39, 0.29) is 5.69 Å². The highest BCUT2D eigenvalue weighted by atomic mass is 35.5. The zero-order valence-corrected chi connectivity index (χ0v) is 17.5. The number of carbonyl (C=O) groups is 1. The number of benzene rings is 3. The Balaban J connectivity index is 1.64. The van der Waals surface area contributed by atoms with Gasteiger partial charge in [0.2, 0.25) is 0 Å². The number of nitro groups is 1. The molecule has 1 N–H and O–H groups in total. The topological polar surface area (TPSA) is 87.8 Å². The fraction of sp³-hybridized carbons (Fsp3) is 0.0909. The average molecular weight is 455 g/mol. The molecule has 31 heavy (non-hydrogen) atoms. The fourth-order valence-electron chi connectivity index (χ4n) is 3.31. The lowest BCUT2D eigenvalue weighted by Gasteiger charge is -2.22. The number of anilines is 1. The molecule has 4 rings (SSSR count). The minimum atomic E-state index is -0.459. The van der Waals surface area contributed by atoms with Gasteiger partial charge in [-0.3, -0.25) is 10.1 Å². The molecule has 3 aromatic carbocycles. The Morgan fingerprint density at radius 3 is 2.13 bits per heavy atom. The molecule has 0 spiro atoms. The Hall–Kier alpha value is -3.42. The van der Waals surface area contributed by atoms with E-state index in [9.17, 15) is 14.9 Å². The van der Waals surface area contributed by atoms with Crippen molar-refractivity contribution in [1.29, 1.82) is 0 Å². The molecule has 0 saturated heterocycles. The first-order chi connectivity index (χ1) is 14.9. The van der Waals surface area contributed by atoms with Crippen molar-refractivity contribution in [2.75, 3.05) is 5.32 Å². The number of nitro benzene ring substituents is 1. The van der Waals surface area contributed by atoms with Crippen LogP contribution in [0.2, 0.25) is 10.0 Å². The molecule has 1 aliphatic rings. The summed E-state index contributed by atoms with van der Waals surface area (Å²) in [7, 11) is 0. The van der Waals surface area contributed by atoms with E-state index in [0.717, 1.165) is 11.1 Å². The largest absolute Gasteiger partial charge is 0.342 e. The predicted octanol–water partition coefficient (Wildman–Crippen LogP) is 6.28. The fourth-order valence-corrected chi connectivity index (χ4v) is 3.56. The molecule has 1 heterocycles. The summed E-state index contributed by atoms with van der Waals surface area (Å²) in [6, 6.07) is 19.2. The summed E-state index contributed by atoms with van der Waals surface area (Å²) in [6.45, 7) is 0. The molecule has 7 nitrogen and oxygen atoms in total. The summed E-state index contributed by atoms with van der Waals surface area (Å²) < 4.78 is 0. The number of amides is 2. The van der Waals surface area contributed by atoms with Gasteiger partial charge < -0.3 is 5.32 Å². The Bertz CT molecular complexity index is 1150. The van der Waals surface area contributed by atoms with Gasteiger partial charge in [0.15, 0.2) is 0 Å². The van der Waals surface area contributed by atoms with E-state index in [1.165, 1.54) is 17.1 Å². The van der Waals surface area contributed by atoms with Gasteiger partial charge >= 0.3 is 6.03 Å². The number of hydrazone groups is 1. The monoisotopic (exact) mass is 454 g/mol. The summed E-state index contributed by atoms with van der Waals surface area (Å²) >= 11 is 11.9. The smallest absolute Gasteiger partial charge is 0.306 e. The first-order valence-electron chi connectivity index (χ1n) is 9.34. The number of urea groups is 1. The summed E-state index contributed by atoms with van der Waals surface area (Å²) in [5, 5.41) is 20.9. The van der Waals surface area contributed by atoms with Crippen molar-refractivity contribution >= 4 is 46.3 Å². The van der Waals surface area contributed by atoms with Gasteiger partial charge in [-0.15, -0.1) is 0 Å². The lowest BCUT2D eigenvalue weighted by Crippen LogP contribution is -2.31.